The number of pyridine rings is 1. The lowest BCUT2D eigenvalue weighted by molar-refractivity contribution is -0.137. The highest BCUT2D eigenvalue weighted by molar-refractivity contribution is 7.90. The van der Waals surface area contributed by atoms with Gasteiger partial charge in [-0.05, 0) is 91.5 Å². The maximum Gasteiger partial charge on any atom is 0.416 e. The zero-order chi connectivity index (χ0) is 37.5. The van der Waals surface area contributed by atoms with Crippen LogP contribution in [-0.2, 0) is 28.9 Å². The minimum Gasteiger partial charge on any atom is -0.490 e. The Balaban J connectivity index is 1.31. The van der Waals surface area contributed by atoms with Gasteiger partial charge in [0.15, 0.2) is 5.75 Å². The second-order valence-electron chi connectivity index (χ2n) is 15.6. The molecule has 1 unspecified atom stereocenters. The van der Waals surface area contributed by atoms with E-state index in [0.717, 1.165) is 40.2 Å². The molecule has 1 saturated carbocycles. The Kier molecular flexibility index (Phi) is 10.9. The zero-order valence-corrected chi connectivity index (χ0v) is 30.7. The van der Waals surface area contributed by atoms with Crippen molar-refractivity contribution in [3.8, 4) is 5.75 Å². The number of ether oxygens (including phenoxy) is 1. The molecular weight excluding hydrogens is 703 g/mol. The first kappa shape index (κ1) is 38.3. The third-order valence-electron chi connectivity index (χ3n) is 10.7. The maximum absolute atomic E-state index is 14.5. The second-order valence-corrected chi connectivity index (χ2v) is 17.9. The molecule has 3 aliphatic rings. The molecular formula is C38H47F5N4O4S. The number of anilines is 1. The fourth-order valence-corrected chi connectivity index (χ4v) is 8.77. The van der Waals surface area contributed by atoms with Crippen molar-refractivity contribution in [2.75, 3.05) is 36.6 Å². The molecule has 2 fully saturated rings. The minimum absolute atomic E-state index is 0.0191. The van der Waals surface area contributed by atoms with Gasteiger partial charge in [-0.2, -0.15) is 13.2 Å². The van der Waals surface area contributed by atoms with E-state index in [2.05, 4.69) is 28.7 Å². The molecule has 1 saturated heterocycles. The number of fused-ring (bicyclic) bond motifs is 1. The Bertz CT molecular complexity index is 1820. The van der Waals surface area contributed by atoms with Crippen molar-refractivity contribution in [3.05, 3.63) is 75.9 Å². The third-order valence-corrected chi connectivity index (χ3v) is 11.7. The van der Waals surface area contributed by atoms with E-state index in [1.807, 2.05) is 0 Å². The summed E-state index contributed by atoms with van der Waals surface area (Å²) in [4.78, 5) is 16.3. The summed E-state index contributed by atoms with van der Waals surface area (Å²) in [5.41, 5.74) is 3.77. The Morgan fingerprint density at radius 3 is 2.19 bits per heavy atom. The fraction of sp³-hybridized carbons (Fsp3) is 0.605. The predicted molar refractivity (Wildman–Crippen MR) is 188 cm³/mol. The number of sulfone groups is 1. The molecule has 0 radical (unpaired) electrons. The van der Waals surface area contributed by atoms with Crippen LogP contribution in [0, 0.1) is 5.41 Å². The van der Waals surface area contributed by atoms with Gasteiger partial charge in [0, 0.05) is 55.1 Å². The lowest BCUT2D eigenvalue weighted by Gasteiger charge is -2.40. The zero-order valence-electron chi connectivity index (χ0n) is 29.9. The monoisotopic (exact) mass is 750 g/mol. The number of hydrogen-bond donors (Lipinski definition) is 1. The van der Waals surface area contributed by atoms with Gasteiger partial charge >= 0.3 is 6.18 Å². The number of piperidine rings is 1. The summed E-state index contributed by atoms with van der Waals surface area (Å²) in [7, 11) is -3.07. The standard InChI is InChI=1S/C38H47F5N4O4S/c1-36(2)20-30-33(31(48)21-36)32(25-9-13-37(39,40)14-10-25)29(19-24-5-7-27(8-6-24)38(41,42)43)34(46-30)26-11-15-47(16-12-26)35-44-22-28(23-45-35)51-17-4-18-52(3,49)50/h5-8,22-23,25-26,31,48H,4,9-21H2,1-3H3. The molecule has 284 valence electrons. The Labute approximate surface area is 302 Å². The van der Waals surface area contributed by atoms with Crippen LogP contribution in [0.2, 0.25) is 0 Å². The summed E-state index contributed by atoms with van der Waals surface area (Å²) in [5, 5.41) is 11.6. The van der Waals surface area contributed by atoms with Crippen molar-refractivity contribution in [1.29, 1.82) is 0 Å². The molecule has 2 aromatic heterocycles. The molecule has 3 aromatic rings. The summed E-state index contributed by atoms with van der Waals surface area (Å²) in [5.74, 6) is -2.00. The van der Waals surface area contributed by atoms with E-state index in [0.29, 0.717) is 62.5 Å². The van der Waals surface area contributed by atoms with Crippen LogP contribution in [-0.4, -0.2) is 66.1 Å². The summed E-state index contributed by atoms with van der Waals surface area (Å²) in [6.45, 7) is 5.61. The molecule has 3 heterocycles. The van der Waals surface area contributed by atoms with Crippen LogP contribution in [0.15, 0.2) is 36.7 Å². The van der Waals surface area contributed by atoms with Crippen LogP contribution in [0.4, 0.5) is 27.9 Å². The number of aromatic nitrogens is 3. The van der Waals surface area contributed by atoms with E-state index in [9.17, 15) is 35.5 Å². The van der Waals surface area contributed by atoms with Crippen molar-refractivity contribution >= 4 is 15.8 Å². The summed E-state index contributed by atoms with van der Waals surface area (Å²) < 4.78 is 97.7. The highest BCUT2D eigenvalue weighted by Crippen LogP contribution is 2.50. The van der Waals surface area contributed by atoms with Gasteiger partial charge in [-0.1, -0.05) is 26.0 Å². The van der Waals surface area contributed by atoms with E-state index in [-0.39, 0.29) is 61.7 Å². The smallest absolute Gasteiger partial charge is 0.416 e. The number of nitrogens with zero attached hydrogens (tertiary/aromatic N) is 4. The van der Waals surface area contributed by atoms with Crippen molar-refractivity contribution in [2.24, 2.45) is 5.41 Å². The molecule has 52 heavy (non-hydrogen) atoms. The van der Waals surface area contributed by atoms with Crippen molar-refractivity contribution in [2.45, 2.75) is 108 Å². The Morgan fingerprint density at radius 1 is 0.962 bits per heavy atom. The van der Waals surface area contributed by atoms with E-state index in [4.69, 9.17) is 9.72 Å². The van der Waals surface area contributed by atoms with Gasteiger partial charge in [0.25, 0.3) is 0 Å². The number of halogens is 5. The molecule has 0 spiro atoms. The average Bonchev–Trinajstić information content (AvgIpc) is 3.06. The average molecular weight is 751 g/mol. The highest BCUT2D eigenvalue weighted by atomic mass is 32.2. The number of aliphatic hydroxyl groups is 1. The quantitative estimate of drug-likeness (QED) is 0.164. The topological polar surface area (TPSA) is 106 Å². The molecule has 6 rings (SSSR count). The number of benzene rings is 1. The van der Waals surface area contributed by atoms with Crippen LogP contribution in [0.5, 0.6) is 5.75 Å². The molecule has 1 aromatic carbocycles. The Morgan fingerprint density at radius 2 is 1.60 bits per heavy atom. The molecule has 1 aliphatic heterocycles. The third kappa shape index (κ3) is 9.21. The number of alkyl halides is 5. The fourth-order valence-electron chi connectivity index (χ4n) is 8.13. The van der Waals surface area contributed by atoms with E-state index in [1.165, 1.54) is 18.4 Å². The van der Waals surface area contributed by atoms with Crippen LogP contribution in [0.3, 0.4) is 0 Å². The molecule has 14 heteroatoms. The molecule has 8 nitrogen and oxygen atoms in total. The van der Waals surface area contributed by atoms with Gasteiger partial charge in [-0.25, -0.2) is 27.2 Å². The normalized spacial score (nSPS) is 21.2. The number of hydrogen-bond acceptors (Lipinski definition) is 8. The van der Waals surface area contributed by atoms with Crippen LogP contribution >= 0.6 is 0 Å². The van der Waals surface area contributed by atoms with Gasteiger partial charge < -0.3 is 14.7 Å². The first-order valence-corrected chi connectivity index (χ1v) is 20.1. The number of aliphatic hydroxyl groups excluding tert-OH is 1. The van der Waals surface area contributed by atoms with Gasteiger partial charge in [-0.15, -0.1) is 0 Å². The van der Waals surface area contributed by atoms with Gasteiger partial charge in [0.1, 0.15) is 9.84 Å². The predicted octanol–water partition coefficient (Wildman–Crippen LogP) is 7.98. The van der Waals surface area contributed by atoms with Crippen LogP contribution in [0.1, 0.15) is 122 Å². The summed E-state index contributed by atoms with van der Waals surface area (Å²) in [6, 6.07) is 5.10. The van der Waals surface area contributed by atoms with Gasteiger partial charge in [0.2, 0.25) is 11.9 Å². The number of rotatable bonds is 10. The first-order valence-electron chi connectivity index (χ1n) is 18.0. The molecule has 1 N–H and O–H groups in total. The second kappa shape index (κ2) is 14.8. The van der Waals surface area contributed by atoms with E-state index >= 15 is 0 Å². The first-order chi connectivity index (χ1) is 24.4. The van der Waals surface area contributed by atoms with E-state index < -0.39 is 33.6 Å². The summed E-state index contributed by atoms with van der Waals surface area (Å²) in [6.07, 6.45) is 2.15. The Hall–Kier alpha value is -3.39. The van der Waals surface area contributed by atoms with E-state index in [1.54, 1.807) is 12.4 Å². The van der Waals surface area contributed by atoms with Crippen LogP contribution < -0.4 is 9.64 Å². The molecule has 0 amide bonds. The highest BCUT2D eigenvalue weighted by Gasteiger charge is 2.42. The van der Waals surface area contributed by atoms with Crippen molar-refractivity contribution < 1.29 is 40.2 Å². The summed E-state index contributed by atoms with van der Waals surface area (Å²) >= 11 is 0. The van der Waals surface area contributed by atoms with Gasteiger partial charge in [-0.3, -0.25) is 4.98 Å². The minimum atomic E-state index is -4.47. The van der Waals surface area contributed by atoms with Crippen molar-refractivity contribution in [1.82, 2.24) is 15.0 Å². The SMILES string of the molecule is CC1(C)Cc2nc(C3CCN(c4ncc(OCCCS(C)(=O)=O)cn4)CC3)c(Cc3ccc(C(F)(F)F)cc3)c(C3CCC(F)(F)CC3)c2C(O)C1. The lowest BCUT2D eigenvalue weighted by atomic mass is 9.68. The van der Waals surface area contributed by atoms with Gasteiger partial charge in [0.05, 0.1) is 36.4 Å². The van der Waals surface area contributed by atoms with Crippen molar-refractivity contribution in [3.63, 3.8) is 0 Å². The lowest BCUT2D eigenvalue weighted by Crippen LogP contribution is -2.36. The van der Waals surface area contributed by atoms with Crippen LogP contribution in [0.25, 0.3) is 0 Å². The molecule has 1 atom stereocenters. The molecule has 0 bridgehead atoms. The molecule has 2 aliphatic carbocycles. The largest absolute Gasteiger partial charge is 0.490 e. The maximum atomic E-state index is 14.5.